The molecule has 3 aromatic rings. The van der Waals surface area contributed by atoms with Crippen LogP contribution in [0, 0.1) is 29.5 Å². The van der Waals surface area contributed by atoms with E-state index in [0.717, 1.165) is 24.7 Å². The largest absolute Gasteiger partial charge is 0.300 e. The van der Waals surface area contributed by atoms with Gasteiger partial charge >= 0.3 is 0 Å². The molecule has 3 aliphatic carbocycles. The van der Waals surface area contributed by atoms with Crippen molar-refractivity contribution in [2.45, 2.75) is 39.0 Å². The third-order valence-electron chi connectivity index (χ3n) is 6.51. The third-order valence-corrected chi connectivity index (χ3v) is 6.51. The van der Waals surface area contributed by atoms with E-state index in [1.165, 1.54) is 18.9 Å². The summed E-state index contributed by atoms with van der Waals surface area (Å²) in [7, 11) is 0. The number of hydrogen-bond acceptors (Lipinski definition) is 6. The third kappa shape index (κ3) is 2.87. The summed E-state index contributed by atoms with van der Waals surface area (Å²) in [4.78, 5) is 20.9. The minimum absolute atomic E-state index is 0.122. The summed E-state index contributed by atoms with van der Waals surface area (Å²) in [6.07, 6.45) is 8.23. The lowest BCUT2D eigenvalue weighted by atomic mass is 9.56. The number of nitrogens with one attached hydrogen (secondary N) is 1. The van der Waals surface area contributed by atoms with Gasteiger partial charge in [0.25, 0.3) is 0 Å². The van der Waals surface area contributed by atoms with Crippen LogP contribution in [0.5, 0.6) is 0 Å². The van der Waals surface area contributed by atoms with Crippen molar-refractivity contribution < 1.29 is 9.18 Å². The Morgan fingerprint density at radius 2 is 2.00 bits per heavy atom. The van der Waals surface area contributed by atoms with E-state index in [-0.39, 0.29) is 5.92 Å². The smallest absolute Gasteiger partial charge is 0.200 e. The van der Waals surface area contributed by atoms with Crippen LogP contribution in [0.2, 0.25) is 0 Å². The van der Waals surface area contributed by atoms with Crippen molar-refractivity contribution in [3.05, 3.63) is 30.0 Å². The topological polar surface area (TPSA) is 97.3 Å². The number of halogens is 1. The fourth-order valence-electron chi connectivity index (χ4n) is 5.33. The van der Waals surface area contributed by atoms with Crippen molar-refractivity contribution in [2.75, 3.05) is 0 Å². The van der Waals surface area contributed by atoms with E-state index in [1.807, 2.05) is 0 Å². The Hall–Kier alpha value is -2.77. The number of aromatic amines is 1. The van der Waals surface area contributed by atoms with Crippen molar-refractivity contribution in [1.82, 2.24) is 30.4 Å². The molecule has 3 saturated carbocycles. The Morgan fingerprint density at radius 1 is 1.21 bits per heavy atom. The maximum absolute atomic E-state index is 13.6. The molecule has 0 spiro atoms. The Labute approximate surface area is 161 Å². The highest BCUT2D eigenvalue weighted by Gasteiger charge is 2.45. The zero-order valence-electron chi connectivity index (χ0n) is 15.6. The number of carbonyl (C=O) groups excluding carboxylic acids is 1. The van der Waals surface area contributed by atoms with Crippen molar-refractivity contribution in [2.24, 2.45) is 23.7 Å². The standard InChI is InChI=1S/C20H21FN6O/c1-10(28)17-12-4-2-11(3-5-12)15(17)7-14-9-23-26-20(24-14)18-16-6-13(21)8-22-19(16)27-25-18/h6,8-9,11-12,15,17H,2-5,7H2,1H3,(H,22,25,27). The van der Waals surface area contributed by atoms with Crippen LogP contribution in [0.25, 0.3) is 22.6 Å². The van der Waals surface area contributed by atoms with E-state index in [1.54, 1.807) is 13.1 Å². The average Bonchev–Trinajstić information content (AvgIpc) is 3.12. The van der Waals surface area contributed by atoms with Crippen LogP contribution in [0.15, 0.2) is 18.5 Å². The molecule has 8 heteroatoms. The van der Waals surface area contributed by atoms with Crippen LogP contribution in [0.4, 0.5) is 4.39 Å². The fourth-order valence-corrected chi connectivity index (χ4v) is 5.33. The van der Waals surface area contributed by atoms with Gasteiger partial charge in [0.05, 0.1) is 23.5 Å². The van der Waals surface area contributed by atoms with Gasteiger partial charge in [0.2, 0.25) is 5.82 Å². The predicted octanol–water partition coefficient (Wildman–Crippen LogP) is 3.13. The lowest BCUT2D eigenvalue weighted by Gasteiger charge is -2.47. The number of ketones is 1. The van der Waals surface area contributed by atoms with Crippen molar-refractivity contribution in [3.63, 3.8) is 0 Å². The molecule has 0 amide bonds. The van der Waals surface area contributed by atoms with Crippen LogP contribution in [0.3, 0.4) is 0 Å². The Kier molecular flexibility index (Phi) is 4.14. The molecule has 7 nitrogen and oxygen atoms in total. The Morgan fingerprint density at radius 3 is 2.79 bits per heavy atom. The van der Waals surface area contributed by atoms with Crippen LogP contribution in [0.1, 0.15) is 38.3 Å². The van der Waals surface area contributed by atoms with Gasteiger partial charge in [-0.1, -0.05) is 0 Å². The first-order valence-corrected chi connectivity index (χ1v) is 9.79. The SMILES string of the molecule is CC(=O)C1C2CCC(CC2)C1Cc1cnnc(-c2[nH]nc3ncc(F)cc23)n1. The molecule has 2 unspecified atom stereocenters. The number of carbonyl (C=O) groups is 1. The summed E-state index contributed by atoms with van der Waals surface area (Å²) >= 11 is 0. The highest BCUT2D eigenvalue weighted by Crippen LogP contribution is 2.50. The summed E-state index contributed by atoms with van der Waals surface area (Å²) in [5.74, 6) is 1.73. The maximum atomic E-state index is 13.6. The van der Waals surface area contributed by atoms with Gasteiger partial charge in [-0.15, -0.1) is 5.10 Å². The molecule has 144 valence electrons. The number of fused-ring (bicyclic) bond motifs is 4. The molecule has 28 heavy (non-hydrogen) atoms. The number of rotatable bonds is 4. The molecule has 0 aromatic carbocycles. The Bertz CT molecular complexity index is 1040. The molecule has 3 aliphatic rings. The molecule has 2 atom stereocenters. The molecule has 3 heterocycles. The van der Waals surface area contributed by atoms with Crippen LogP contribution in [-0.4, -0.2) is 36.1 Å². The summed E-state index contributed by atoms with van der Waals surface area (Å²) in [5.41, 5.74) is 1.72. The van der Waals surface area contributed by atoms with Crippen LogP contribution < -0.4 is 0 Å². The number of H-pyrrole nitrogens is 1. The van der Waals surface area contributed by atoms with Crippen molar-refractivity contribution in [1.29, 1.82) is 0 Å². The van der Waals surface area contributed by atoms with E-state index in [0.29, 0.717) is 52.5 Å². The highest BCUT2D eigenvalue weighted by molar-refractivity contribution is 5.88. The van der Waals surface area contributed by atoms with Gasteiger partial charge in [-0.25, -0.2) is 14.4 Å². The molecule has 2 bridgehead atoms. The number of Topliss-reactive ketones (excluding diaryl/α,β-unsaturated/α-hetero) is 1. The molecule has 3 aromatic heterocycles. The molecule has 0 aliphatic heterocycles. The molecule has 3 fully saturated rings. The summed E-state index contributed by atoms with van der Waals surface area (Å²) in [6, 6.07) is 1.36. The van der Waals surface area contributed by atoms with E-state index in [9.17, 15) is 9.18 Å². The van der Waals surface area contributed by atoms with Crippen molar-refractivity contribution in [3.8, 4) is 11.5 Å². The van der Waals surface area contributed by atoms with E-state index in [2.05, 4.69) is 30.4 Å². The molecular weight excluding hydrogens is 359 g/mol. The fraction of sp³-hybridized carbons (Fsp3) is 0.500. The van der Waals surface area contributed by atoms with Crippen LogP contribution in [-0.2, 0) is 11.2 Å². The monoisotopic (exact) mass is 380 g/mol. The van der Waals surface area contributed by atoms with E-state index < -0.39 is 5.82 Å². The molecular formula is C20H21FN6O. The second-order valence-electron chi connectivity index (χ2n) is 8.07. The summed E-state index contributed by atoms with van der Waals surface area (Å²) in [5, 5.41) is 15.7. The second kappa shape index (κ2) is 6.68. The minimum atomic E-state index is -0.443. The van der Waals surface area contributed by atoms with Gasteiger partial charge in [-0.05, 0) is 62.8 Å². The normalized spacial score (nSPS) is 26.6. The zero-order chi connectivity index (χ0) is 19.3. The lowest BCUT2D eigenvalue weighted by molar-refractivity contribution is -0.130. The number of nitrogens with zero attached hydrogens (tertiary/aromatic N) is 5. The quantitative estimate of drug-likeness (QED) is 0.747. The number of pyridine rings is 1. The lowest BCUT2D eigenvalue weighted by Crippen LogP contribution is -2.44. The first-order valence-electron chi connectivity index (χ1n) is 9.79. The highest BCUT2D eigenvalue weighted by atomic mass is 19.1. The predicted molar refractivity (Wildman–Crippen MR) is 99.5 cm³/mol. The van der Waals surface area contributed by atoms with Gasteiger partial charge in [0.1, 0.15) is 17.3 Å². The van der Waals surface area contributed by atoms with E-state index in [4.69, 9.17) is 0 Å². The Balaban J connectivity index is 1.47. The van der Waals surface area contributed by atoms with Gasteiger partial charge in [-0.3, -0.25) is 9.89 Å². The zero-order valence-corrected chi connectivity index (χ0v) is 15.6. The first-order chi connectivity index (χ1) is 13.6. The van der Waals surface area contributed by atoms with Crippen molar-refractivity contribution >= 4 is 16.8 Å². The van der Waals surface area contributed by atoms with Crippen LogP contribution >= 0.6 is 0 Å². The average molecular weight is 380 g/mol. The molecule has 0 radical (unpaired) electrons. The second-order valence-corrected chi connectivity index (χ2v) is 8.07. The molecule has 1 N–H and O–H groups in total. The number of hydrogen-bond donors (Lipinski definition) is 1. The molecule has 0 saturated heterocycles. The van der Waals surface area contributed by atoms with Gasteiger partial charge in [0, 0.05) is 5.92 Å². The maximum Gasteiger partial charge on any atom is 0.200 e. The molecule has 6 rings (SSSR count). The first kappa shape index (κ1) is 17.3. The summed E-state index contributed by atoms with van der Waals surface area (Å²) in [6.45, 7) is 1.72. The van der Waals surface area contributed by atoms with Gasteiger partial charge in [0.15, 0.2) is 5.65 Å². The number of aromatic nitrogens is 6. The van der Waals surface area contributed by atoms with Gasteiger partial charge in [-0.2, -0.15) is 10.2 Å². The minimum Gasteiger partial charge on any atom is -0.300 e. The van der Waals surface area contributed by atoms with E-state index >= 15 is 0 Å². The summed E-state index contributed by atoms with van der Waals surface area (Å²) < 4.78 is 13.6. The van der Waals surface area contributed by atoms with Gasteiger partial charge < -0.3 is 0 Å².